The monoisotopic (exact) mass is 371 g/mol. The van der Waals surface area contributed by atoms with Crippen molar-refractivity contribution in [3.8, 4) is 17.2 Å². The van der Waals surface area contributed by atoms with Gasteiger partial charge < -0.3 is 19.1 Å². The van der Waals surface area contributed by atoms with E-state index in [1.165, 1.54) is 5.69 Å². The first-order valence-electron chi connectivity index (χ1n) is 9.45. The van der Waals surface area contributed by atoms with Crippen molar-refractivity contribution in [3.63, 3.8) is 0 Å². The van der Waals surface area contributed by atoms with Crippen LogP contribution in [0.2, 0.25) is 0 Å². The summed E-state index contributed by atoms with van der Waals surface area (Å²) in [5, 5.41) is 7.56. The molecule has 27 heavy (non-hydrogen) atoms. The minimum Gasteiger partial charge on any atom is -0.484 e. The summed E-state index contributed by atoms with van der Waals surface area (Å²) in [6, 6.07) is 7.50. The van der Waals surface area contributed by atoms with Gasteiger partial charge in [-0.1, -0.05) is 13.8 Å². The third kappa shape index (κ3) is 3.86. The van der Waals surface area contributed by atoms with E-state index < -0.39 is 0 Å². The second kappa shape index (κ2) is 7.50. The molecule has 0 unspecified atom stereocenters. The first-order valence-corrected chi connectivity index (χ1v) is 9.45. The molecule has 0 spiro atoms. The third-order valence-corrected chi connectivity index (χ3v) is 5.20. The predicted octanol–water partition coefficient (Wildman–Crippen LogP) is 3.05. The van der Waals surface area contributed by atoms with Crippen LogP contribution in [0, 0.1) is 0 Å². The lowest BCUT2D eigenvalue weighted by Crippen LogP contribution is -2.40. The van der Waals surface area contributed by atoms with Crippen molar-refractivity contribution >= 4 is 5.91 Å². The fourth-order valence-corrected chi connectivity index (χ4v) is 3.50. The van der Waals surface area contributed by atoms with Gasteiger partial charge in [0.05, 0.1) is 5.69 Å². The molecule has 7 heteroatoms. The van der Waals surface area contributed by atoms with E-state index in [4.69, 9.17) is 14.2 Å². The highest BCUT2D eigenvalue weighted by Gasteiger charge is 2.25. The van der Waals surface area contributed by atoms with Crippen molar-refractivity contribution in [2.24, 2.45) is 0 Å². The Labute approximate surface area is 158 Å². The number of amides is 1. The number of carbonyl (C=O) groups excluding carboxylic acids is 1. The molecule has 1 fully saturated rings. The van der Waals surface area contributed by atoms with E-state index in [2.05, 4.69) is 30.1 Å². The van der Waals surface area contributed by atoms with Crippen LogP contribution in [0.3, 0.4) is 0 Å². The van der Waals surface area contributed by atoms with E-state index in [9.17, 15) is 4.79 Å². The van der Waals surface area contributed by atoms with Crippen LogP contribution in [-0.4, -0.2) is 47.5 Å². The van der Waals surface area contributed by atoms with Gasteiger partial charge in [-0.3, -0.25) is 9.89 Å². The zero-order valence-electron chi connectivity index (χ0n) is 15.7. The fourth-order valence-electron chi connectivity index (χ4n) is 3.50. The summed E-state index contributed by atoms with van der Waals surface area (Å²) >= 11 is 0. The van der Waals surface area contributed by atoms with Gasteiger partial charge in [0.2, 0.25) is 6.79 Å². The second-order valence-corrected chi connectivity index (χ2v) is 7.36. The summed E-state index contributed by atoms with van der Waals surface area (Å²) in [7, 11) is 0. The van der Waals surface area contributed by atoms with Gasteiger partial charge in [-0.05, 0) is 37.0 Å². The van der Waals surface area contributed by atoms with E-state index in [1.54, 1.807) is 18.2 Å². The summed E-state index contributed by atoms with van der Waals surface area (Å²) in [4.78, 5) is 14.3. The molecule has 2 aliphatic rings. The quantitative estimate of drug-likeness (QED) is 0.874. The number of benzene rings is 1. The molecule has 2 aromatic rings. The molecule has 3 heterocycles. The molecule has 144 valence electrons. The number of fused-ring (bicyclic) bond motifs is 1. The molecule has 1 aromatic carbocycles. The maximum atomic E-state index is 12.5. The molecule has 0 aliphatic carbocycles. The summed E-state index contributed by atoms with van der Waals surface area (Å²) < 4.78 is 16.2. The van der Waals surface area contributed by atoms with Gasteiger partial charge in [0.1, 0.15) is 5.75 Å². The Bertz CT molecular complexity index is 809. The van der Waals surface area contributed by atoms with Gasteiger partial charge in [-0.2, -0.15) is 5.10 Å². The van der Waals surface area contributed by atoms with Crippen molar-refractivity contribution in [2.45, 2.75) is 38.5 Å². The topological polar surface area (TPSA) is 76.7 Å². The standard InChI is InChI=1S/C20H25N3O4/c1-13(2)16-10-17(22-21-16)14-5-7-23(8-6-14)20(24)11-25-15-3-4-18-19(9-15)27-12-26-18/h3-4,9-10,13-14H,5-8,11-12H2,1-2H3,(H,21,22). The van der Waals surface area contributed by atoms with Crippen LogP contribution < -0.4 is 14.2 Å². The molecule has 2 aliphatic heterocycles. The van der Waals surface area contributed by atoms with Crippen molar-refractivity contribution in [2.75, 3.05) is 26.5 Å². The Morgan fingerprint density at radius 1 is 1.26 bits per heavy atom. The molecule has 0 atom stereocenters. The third-order valence-electron chi connectivity index (χ3n) is 5.20. The fraction of sp³-hybridized carbons (Fsp3) is 0.500. The van der Waals surface area contributed by atoms with Crippen LogP contribution >= 0.6 is 0 Å². The van der Waals surface area contributed by atoms with E-state index in [0.29, 0.717) is 29.1 Å². The maximum absolute atomic E-state index is 12.5. The first-order chi connectivity index (χ1) is 13.1. The zero-order chi connectivity index (χ0) is 18.8. The predicted molar refractivity (Wildman–Crippen MR) is 99.3 cm³/mol. The zero-order valence-corrected chi connectivity index (χ0v) is 15.7. The van der Waals surface area contributed by atoms with Crippen LogP contribution in [-0.2, 0) is 4.79 Å². The number of likely N-dealkylation sites (tertiary alicyclic amines) is 1. The molecule has 1 N–H and O–H groups in total. The molecular weight excluding hydrogens is 346 g/mol. The Morgan fingerprint density at radius 3 is 2.78 bits per heavy atom. The van der Waals surface area contributed by atoms with Gasteiger partial charge in [0.15, 0.2) is 18.1 Å². The van der Waals surface area contributed by atoms with E-state index >= 15 is 0 Å². The Hall–Kier alpha value is -2.70. The average molecular weight is 371 g/mol. The largest absolute Gasteiger partial charge is 0.484 e. The lowest BCUT2D eigenvalue weighted by Gasteiger charge is -2.31. The maximum Gasteiger partial charge on any atom is 0.260 e. The molecule has 1 amide bonds. The van der Waals surface area contributed by atoms with Crippen molar-refractivity contribution < 1.29 is 19.0 Å². The number of H-pyrrole nitrogens is 1. The van der Waals surface area contributed by atoms with Crippen LogP contribution in [0.5, 0.6) is 17.2 Å². The minimum absolute atomic E-state index is 0.0126. The van der Waals surface area contributed by atoms with Crippen LogP contribution in [0.15, 0.2) is 24.3 Å². The highest BCUT2D eigenvalue weighted by molar-refractivity contribution is 5.78. The Morgan fingerprint density at radius 2 is 2.04 bits per heavy atom. The molecule has 7 nitrogen and oxygen atoms in total. The molecule has 0 bridgehead atoms. The normalized spacial score (nSPS) is 16.8. The van der Waals surface area contributed by atoms with Crippen LogP contribution in [0.4, 0.5) is 0 Å². The van der Waals surface area contributed by atoms with Crippen LogP contribution in [0.25, 0.3) is 0 Å². The van der Waals surface area contributed by atoms with Gasteiger partial charge in [-0.15, -0.1) is 0 Å². The van der Waals surface area contributed by atoms with Gasteiger partial charge in [-0.25, -0.2) is 0 Å². The number of ether oxygens (including phenoxy) is 3. The summed E-state index contributed by atoms with van der Waals surface area (Å²) in [6.45, 7) is 6.02. The van der Waals surface area contributed by atoms with Gasteiger partial charge in [0.25, 0.3) is 5.91 Å². The lowest BCUT2D eigenvalue weighted by molar-refractivity contribution is -0.134. The van der Waals surface area contributed by atoms with Gasteiger partial charge >= 0.3 is 0 Å². The van der Waals surface area contributed by atoms with Crippen LogP contribution in [0.1, 0.15) is 49.9 Å². The smallest absolute Gasteiger partial charge is 0.260 e. The first kappa shape index (κ1) is 17.7. The Kier molecular flexibility index (Phi) is 4.92. The average Bonchev–Trinajstić information content (AvgIpc) is 3.35. The van der Waals surface area contributed by atoms with E-state index in [1.807, 2.05) is 4.90 Å². The number of aromatic amines is 1. The minimum atomic E-state index is 0.0126. The summed E-state index contributed by atoms with van der Waals surface area (Å²) in [5.74, 6) is 2.84. The van der Waals surface area contributed by atoms with E-state index in [-0.39, 0.29) is 19.3 Å². The van der Waals surface area contributed by atoms with Gasteiger partial charge in [0, 0.05) is 30.8 Å². The number of hydrogen-bond acceptors (Lipinski definition) is 5. The number of piperidine rings is 1. The molecular formula is C20H25N3O4. The van der Waals surface area contributed by atoms with Crippen molar-refractivity contribution in [3.05, 3.63) is 35.7 Å². The number of nitrogens with one attached hydrogen (secondary N) is 1. The molecule has 4 rings (SSSR count). The SMILES string of the molecule is CC(C)c1cc(C2CCN(C(=O)COc3ccc4c(c3)OCO4)CC2)[nH]n1. The van der Waals surface area contributed by atoms with Crippen molar-refractivity contribution in [1.29, 1.82) is 0 Å². The molecule has 0 saturated carbocycles. The summed E-state index contributed by atoms with van der Waals surface area (Å²) in [5.41, 5.74) is 2.28. The summed E-state index contributed by atoms with van der Waals surface area (Å²) in [6.07, 6.45) is 1.88. The highest BCUT2D eigenvalue weighted by atomic mass is 16.7. The van der Waals surface area contributed by atoms with E-state index in [0.717, 1.165) is 31.6 Å². The lowest BCUT2D eigenvalue weighted by atomic mass is 9.93. The molecule has 0 radical (unpaired) electrons. The van der Waals surface area contributed by atoms with Crippen molar-refractivity contribution in [1.82, 2.24) is 15.1 Å². The number of rotatable bonds is 5. The molecule has 1 aromatic heterocycles. The highest BCUT2D eigenvalue weighted by Crippen LogP contribution is 2.35. The Balaban J connectivity index is 1.27. The number of hydrogen-bond donors (Lipinski definition) is 1. The second-order valence-electron chi connectivity index (χ2n) is 7.36. The number of aromatic nitrogens is 2. The molecule has 1 saturated heterocycles. The number of carbonyl (C=O) groups is 1. The number of nitrogens with zero attached hydrogens (tertiary/aromatic N) is 2.